The first-order chi connectivity index (χ1) is 13.1. The lowest BCUT2D eigenvalue weighted by Gasteiger charge is -2.16. The minimum absolute atomic E-state index is 0.0197. The molecule has 1 aliphatic heterocycles. The molecule has 1 aliphatic rings. The second-order valence-corrected chi connectivity index (χ2v) is 6.85. The Morgan fingerprint density at radius 3 is 2.74 bits per heavy atom. The molecule has 0 aliphatic carbocycles. The number of benzene rings is 2. The maximum absolute atomic E-state index is 12.2. The smallest absolute Gasteiger partial charge is 0.260 e. The molecule has 2 heterocycles. The van der Waals surface area contributed by atoms with E-state index in [1.807, 2.05) is 35.2 Å². The van der Waals surface area contributed by atoms with Crippen molar-refractivity contribution in [3.05, 3.63) is 42.0 Å². The molecule has 1 N–H and O–H groups in total. The summed E-state index contributed by atoms with van der Waals surface area (Å²) < 4.78 is 11.2. The largest absolute Gasteiger partial charge is 0.493 e. The number of carbonyl (C=O) groups excluding carboxylic acids is 1. The SMILES string of the molecule is COc1cc(-c2nc3ccc(C)cc3[nH]2)ccc1OCC(=O)N1CCCC1. The molecule has 6 nitrogen and oxygen atoms in total. The number of aromatic nitrogens is 2. The molecule has 2 aromatic carbocycles. The van der Waals surface area contributed by atoms with Crippen LogP contribution in [-0.2, 0) is 4.79 Å². The number of aryl methyl sites for hydroxylation is 1. The van der Waals surface area contributed by atoms with E-state index in [9.17, 15) is 4.79 Å². The highest BCUT2D eigenvalue weighted by Crippen LogP contribution is 2.32. The average molecular weight is 365 g/mol. The predicted molar refractivity (Wildman–Crippen MR) is 104 cm³/mol. The van der Waals surface area contributed by atoms with E-state index in [0.717, 1.165) is 48.4 Å². The highest BCUT2D eigenvalue weighted by molar-refractivity contribution is 5.80. The summed E-state index contributed by atoms with van der Waals surface area (Å²) in [4.78, 5) is 22.0. The van der Waals surface area contributed by atoms with Crippen molar-refractivity contribution in [1.82, 2.24) is 14.9 Å². The average Bonchev–Trinajstić information content (AvgIpc) is 3.35. The van der Waals surface area contributed by atoms with E-state index in [1.165, 1.54) is 5.56 Å². The number of hydrogen-bond acceptors (Lipinski definition) is 4. The third kappa shape index (κ3) is 3.60. The number of aromatic amines is 1. The number of methoxy groups -OCH3 is 1. The van der Waals surface area contributed by atoms with E-state index < -0.39 is 0 Å². The summed E-state index contributed by atoms with van der Waals surface area (Å²) in [6.07, 6.45) is 2.14. The molecule has 0 spiro atoms. The van der Waals surface area contributed by atoms with Gasteiger partial charge in [0.1, 0.15) is 5.82 Å². The molecule has 0 radical (unpaired) electrons. The molecule has 0 bridgehead atoms. The number of ether oxygens (including phenoxy) is 2. The zero-order valence-electron chi connectivity index (χ0n) is 15.6. The number of H-pyrrole nitrogens is 1. The van der Waals surface area contributed by atoms with Gasteiger partial charge in [-0.2, -0.15) is 0 Å². The summed E-state index contributed by atoms with van der Waals surface area (Å²) in [6.45, 7) is 3.73. The van der Waals surface area contributed by atoms with Crippen LogP contribution in [0.25, 0.3) is 22.4 Å². The Hall–Kier alpha value is -3.02. The lowest BCUT2D eigenvalue weighted by Crippen LogP contribution is -2.32. The summed E-state index contributed by atoms with van der Waals surface area (Å²) in [5, 5.41) is 0. The van der Waals surface area contributed by atoms with Crippen molar-refractivity contribution in [2.75, 3.05) is 26.8 Å². The summed E-state index contributed by atoms with van der Waals surface area (Å²) in [6, 6.07) is 11.7. The highest BCUT2D eigenvalue weighted by atomic mass is 16.5. The quantitative estimate of drug-likeness (QED) is 0.751. The predicted octanol–water partition coefficient (Wildman–Crippen LogP) is 3.55. The lowest BCUT2D eigenvalue weighted by atomic mass is 10.2. The summed E-state index contributed by atoms with van der Waals surface area (Å²) in [5.41, 5.74) is 4.01. The van der Waals surface area contributed by atoms with E-state index in [-0.39, 0.29) is 12.5 Å². The Morgan fingerprint density at radius 1 is 1.15 bits per heavy atom. The van der Waals surface area contributed by atoms with Gasteiger partial charge in [0.15, 0.2) is 18.1 Å². The standard InChI is InChI=1S/C21H23N3O3/c1-14-5-7-16-17(11-14)23-21(22-16)15-6-8-18(19(12-15)26-2)27-13-20(25)24-9-3-4-10-24/h5-8,11-12H,3-4,9-10,13H2,1-2H3,(H,22,23). The number of rotatable bonds is 5. The van der Waals surface area contributed by atoms with Crippen molar-refractivity contribution in [2.45, 2.75) is 19.8 Å². The van der Waals surface area contributed by atoms with Gasteiger partial charge in [0.2, 0.25) is 0 Å². The van der Waals surface area contributed by atoms with Gasteiger partial charge in [0.05, 0.1) is 18.1 Å². The number of nitrogens with zero attached hydrogens (tertiary/aromatic N) is 2. The van der Waals surface area contributed by atoms with Gasteiger partial charge in [-0.3, -0.25) is 4.79 Å². The Balaban J connectivity index is 1.54. The molecule has 140 valence electrons. The molecular weight excluding hydrogens is 342 g/mol. The topological polar surface area (TPSA) is 67.5 Å². The molecule has 0 unspecified atom stereocenters. The zero-order chi connectivity index (χ0) is 18.8. The van der Waals surface area contributed by atoms with Crippen molar-refractivity contribution < 1.29 is 14.3 Å². The molecule has 0 saturated carbocycles. The number of likely N-dealkylation sites (tertiary alicyclic amines) is 1. The first kappa shape index (κ1) is 17.4. The van der Waals surface area contributed by atoms with Crippen molar-refractivity contribution >= 4 is 16.9 Å². The van der Waals surface area contributed by atoms with Gasteiger partial charge in [0, 0.05) is 18.7 Å². The minimum Gasteiger partial charge on any atom is -0.493 e. The van der Waals surface area contributed by atoms with E-state index in [4.69, 9.17) is 9.47 Å². The van der Waals surface area contributed by atoms with Crippen LogP contribution in [0.5, 0.6) is 11.5 Å². The first-order valence-corrected chi connectivity index (χ1v) is 9.19. The van der Waals surface area contributed by atoms with Crippen LogP contribution in [0.4, 0.5) is 0 Å². The third-order valence-electron chi connectivity index (χ3n) is 4.88. The summed E-state index contributed by atoms with van der Waals surface area (Å²) >= 11 is 0. The van der Waals surface area contributed by atoms with Gasteiger partial charge in [0.25, 0.3) is 5.91 Å². The first-order valence-electron chi connectivity index (χ1n) is 9.19. The highest BCUT2D eigenvalue weighted by Gasteiger charge is 2.19. The van der Waals surface area contributed by atoms with Crippen LogP contribution in [0.2, 0.25) is 0 Å². The van der Waals surface area contributed by atoms with Crippen molar-refractivity contribution in [1.29, 1.82) is 0 Å². The molecule has 0 atom stereocenters. The molecule has 1 fully saturated rings. The minimum atomic E-state index is 0.0197. The van der Waals surface area contributed by atoms with Gasteiger partial charge in [-0.25, -0.2) is 4.98 Å². The van der Waals surface area contributed by atoms with Crippen LogP contribution < -0.4 is 9.47 Å². The Morgan fingerprint density at radius 2 is 1.96 bits per heavy atom. The number of imidazole rings is 1. The monoisotopic (exact) mass is 365 g/mol. The normalized spacial score (nSPS) is 13.9. The molecule has 1 saturated heterocycles. The molecule has 1 amide bonds. The van der Waals surface area contributed by atoms with Gasteiger partial charge < -0.3 is 19.4 Å². The summed E-state index contributed by atoms with van der Waals surface area (Å²) in [5.74, 6) is 1.93. The molecule has 6 heteroatoms. The maximum Gasteiger partial charge on any atom is 0.260 e. The zero-order valence-corrected chi connectivity index (χ0v) is 15.6. The maximum atomic E-state index is 12.2. The van der Waals surface area contributed by atoms with Gasteiger partial charge in [-0.05, 0) is 55.7 Å². The fraction of sp³-hybridized carbons (Fsp3) is 0.333. The molecule has 3 aromatic rings. The van der Waals surface area contributed by atoms with E-state index in [2.05, 4.69) is 23.0 Å². The number of nitrogens with one attached hydrogen (secondary N) is 1. The van der Waals surface area contributed by atoms with Crippen molar-refractivity contribution in [3.63, 3.8) is 0 Å². The van der Waals surface area contributed by atoms with Crippen LogP contribution >= 0.6 is 0 Å². The van der Waals surface area contributed by atoms with Gasteiger partial charge in [-0.1, -0.05) is 6.07 Å². The third-order valence-corrected chi connectivity index (χ3v) is 4.88. The van der Waals surface area contributed by atoms with E-state index >= 15 is 0 Å². The number of hydrogen-bond donors (Lipinski definition) is 1. The Kier molecular flexibility index (Phi) is 4.71. The fourth-order valence-corrected chi connectivity index (χ4v) is 3.39. The van der Waals surface area contributed by atoms with Gasteiger partial charge in [-0.15, -0.1) is 0 Å². The van der Waals surface area contributed by atoms with E-state index in [0.29, 0.717) is 11.5 Å². The molecule has 4 rings (SSSR count). The molecular formula is C21H23N3O3. The molecule has 27 heavy (non-hydrogen) atoms. The number of carbonyl (C=O) groups is 1. The number of fused-ring (bicyclic) bond motifs is 1. The van der Waals surface area contributed by atoms with Crippen LogP contribution in [-0.4, -0.2) is 47.6 Å². The van der Waals surface area contributed by atoms with Crippen molar-refractivity contribution in [3.8, 4) is 22.9 Å². The van der Waals surface area contributed by atoms with Crippen LogP contribution in [0.3, 0.4) is 0 Å². The molecule has 1 aromatic heterocycles. The van der Waals surface area contributed by atoms with Crippen LogP contribution in [0, 0.1) is 6.92 Å². The van der Waals surface area contributed by atoms with Gasteiger partial charge >= 0.3 is 0 Å². The second-order valence-electron chi connectivity index (χ2n) is 6.85. The van der Waals surface area contributed by atoms with Crippen molar-refractivity contribution in [2.24, 2.45) is 0 Å². The fourth-order valence-electron chi connectivity index (χ4n) is 3.39. The Labute approximate surface area is 158 Å². The van der Waals surface area contributed by atoms with E-state index in [1.54, 1.807) is 7.11 Å². The summed E-state index contributed by atoms with van der Waals surface area (Å²) in [7, 11) is 1.59. The Bertz CT molecular complexity index is 974. The number of amides is 1. The second kappa shape index (κ2) is 7.31. The van der Waals surface area contributed by atoms with Crippen LogP contribution in [0.15, 0.2) is 36.4 Å². The van der Waals surface area contributed by atoms with Crippen LogP contribution in [0.1, 0.15) is 18.4 Å². The lowest BCUT2D eigenvalue weighted by molar-refractivity contribution is -0.132.